The maximum atomic E-state index is 13.9. The fraction of sp³-hybridized carbons (Fsp3) is 0.692. The predicted molar refractivity (Wildman–Crippen MR) is 122 cm³/mol. The molecule has 1 saturated heterocycles. The fourth-order valence-corrected chi connectivity index (χ4v) is 6.36. The van der Waals surface area contributed by atoms with E-state index in [9.17, 15) is 19.2 Å². The van der Waals surface area contributed by atoms with E-state index in [0.29, 0.717) is 12.8 Å². The van der Waals surface area contributed by atoms with Gasteiger partial charge in [0, 0.05) is 33.1 Å². The average molecular weight is 477 g/mol. The third-order valence-electron chi connectivity index (χ3n) is 8.15. The zero-order chi connectivity index (χ0) is 25.4. The molecular formula is C26H36O8. The van der Waals surface area contributed by atoms with Gasteiger partial charge in [-0.25, -0.2) is 0 Å². The van der Waals surface area contributed by atoms with Crippen LogP contribution in [0.2, 0.25) is 0 Å². The smallest absolute Gasteiger partial charge is 0.304 e. The highest BCUT2D eigenvalue weighted by Gasteiger charge is 2.74. The number of Topliss-reactive ketones (excluding diaryl/α,β-unsaturated/α-hetero) is 1. The Labute approximate surface area is 201 Å². The molecule has 34 heavy (non-hydrogen) atoms. The van der Waals surface area contributed by atoms with Gasteiger partial charge in [0.2, 0.25) is 12.6 Å². The highest BCUT2D eigenvalue weighted by molar-refractivity contribution is 5.88. The second-order valence-electron chi connectivity index (χ2n) is 10.2. The van der Waals surface area contributed by atoms with Gasteiger partial charge in [-0.3, -0.25) is 19.2 Å². The summed E-state index contributed by atoms with van der Waals surface area (Å²) in [6, 6.07) is 0. The lowest BCUT2D eigenvalue weighted by atomic mass is 9.43. The van der Waals surface area contributed by atoms with Crippen molar-refractivity contribution in [2.45, 2.75) is 85.9 Å². The first-order valence-corrected chi connectivity index (χ1v) is 11.9. The molecule has 0 N–H and O–H groups in total. The molecule has 3 fully saturated rings. The second kappa shape index (κ2) is 9.64. The molecule has 1 spiro atoms. The van der Waals surface area contributed by atoms with E-state index in [0.717, 1.165) is 5.57 Å². The number of ether oxygens (including phenoxy) is 4. The van der Waals surface area contributed by atoms with Crippen molar-refractivity contribution < 1.29 is 38.1 Å². The van der Waals surface area contributed by atoms with Crippen LogP contribution in [0.5, 0.6) is 0 Å². The van der Waals surface area contributed by atoms with Crippen LogP contribution < -0.4 is 0 Å². The summed E-state index contributed by atoms with van der Waals surface area (Å²) in [6.45, 7) is 13.8. The van der Waals surface area contributed by atoms with Crippen molar-refractivity contribution in [3.63, 3.8) is 0 Å². The van der Waals surface area contributed by atoms with E-state index >= 15 is 0 Å². The van der Waals surface area contributed by atoms with E-state index in [1.807, 2.05) is 13.8 Å². The van der Waals surface area contributed by atoms with Gasteiger partial charge in [0.05, 0.1) is 0 Å². The van der Waals surface area contributed by atoms with Crippen LogP contribution in [-0.2, 0) is 38.1 Å². The zero-order valence-corrected chi connectivity index (χ0v) is 20.9. The molecule has 8 atom stereocenters. The average Bonchev–Trinajstić information content (AvgIpc) is 3.02. The maximum absolute atomic E-state index is 13.9. The van der Waals surface area contributed by atoms with Gasteiger partial charge in [-0.2, -0.15) is 0 Å². The standard InChI is InChI=1S/C26H36O8/c1-8-14(2)9-10-25(7)15(3)11-22(30)26-20(12-19(13-21(25)26)31-16(4)27)23(32-17(5)28)34-24(26)33-18(6)29/h8-9,15,19-21,23-24H,1,10-13H2,2-7H3/b14-9+/t15-,19-,20+,21+,23?,24?,25-,26-/m0/s1. The molecule has 0 aromatic carbocycles. The third-order valence-corrected chi connectivity index (χ3v) is 8.15. The minimum Gasteiger partial charge on any atom is -0.463 e. The normalized spacial score (nSPS) is 39.5. The number of carbonyl (C=O) groups is 4. The molecule has 0 bridgehead atoms. The summed E-state index contributed by atoms with van der Waals surface area (Å²) >= 11 is 0. The summed E-state index contributed by atoms with van der Waals surface area (Å²) in [6.07, 6.45) is 2.72. The van der Waals surface area contributed by atoms with Gasteiger partial charge in [0.15, 0.2) is 0 Å². The van der Waals surface area contributed by atoms with Crippen molar-refractivity contribution in [1.29, 1.82) is 0 Å². The molecule has 3 aliphatic rings. The minimum atomic E-state index is -1.21. The zero-order valence-electron chi connectivity index (χ0n) is 20.9. The molecule has 3 rings (SSSR count). The number of hydrogen-bond donors (Lipinski definition) is 0. The molecule has 0 aromatic rings. The van der Waals surface area contributed by atoms with Crippen LogP contribution in [0.25, 0.3) is 0 Å². The Morgan fingerprint density at radius 1 is 1.06 bits per heavy atom. The Morgan fingerprint density at radius 3 is 2.24 bits per heavy atom. The summed E-state index contributed by atoms with van der Waals surface area (Å²) in [4.78, 5) is 49.8. The summed E-state index contributed by atoms with van der Waals surface area (Å²) in [7, 11) is 0. The van der Waals surface area contributed by atoms with Crippen LogP contribution >= 0.6 is 0 Å². The molecule has 2 saturated carbocycles. The molecule has 188 valence electrons. The van der Waals surface area contributed by atoms with Crippen molar-refractivity contribution in [2.75, 3.05) is 0 Å². The lowest BCUT2D eigenvalue weighted by molar-refractivity contribution is -0.231. The first-order chi connectivity index (χ1) is 15.9. The number of esters is 3. The van der Waals surface area contributed by atoms with Crippen LogP contribution in [0, 0.1) is 28.6 Å². The van der Waals surface area contributed by atoms with E-state index in [1.165, 1.54) is 20.8 Å². The largest absolute Gasteiger partial charge is 0.463 e. The maximum Gasteiger partial charge on any atom is 0.304 e. The molecule has 0 radical (unpaired) electrons. The number of carbonyl (C=O) groups excluding carboxylic acids is 4. The van der Waals surface area contributed by atoms with Crippen molar-refractivity contribution in [2.24, 2.45) is 28.6 Å². The SMILES string of the molecule is C=C/C(C)=C/C[C@]1(C)[C@H]2C[C@@H](OC(C)=O)C[C@@H]3C(OC(C)=O)OC(OC(C)=O)[C@@]32C(=O)C[C@@H]1C. The number of rotatable bonds is 6. The Balaban J connectivity index is 2.19. The van der Waals surface area contributed by atoms with E-state index in [4.69, 9.17) is 18.9 Å². The Hall–Kier alpha value is -2.48. The first kappa shape index (κ1) is 26.1. The topological polar surface area (TPSA) is 105 Å². The Kier molecular flexibility index (Phi) is 7.41. The van der Waals surface area contributed by atoms with Gasteiger partial charge in [-0.1, -0.05) is 38.2 Å². The van der Waals surface area contributed by atoms with Crippen LogP contribution in [0.15, 0.2) is 24.3 Å². The predicted octanol–water partition coefficient (Wildman–Crippen LogP) is 3.88. The molecule has 2 unspecified atom stereocenters. The quantitative estimate of drug-likeness (QED) is 0.323. The highest BCUT2D eigenvalue weighted by atomic mass is 16.8. The second-order valence-corrected chi connectivity index (χ2v) is 10.2. The first-order valence-electron chi connectivity index (χ1n) is 11.9. The Bertz CT molecular complexity index is 906. The molecule has 8 heteroatoms. The number of allylic oxidation sites excluding steroid dienone is 3. The van der Waals surface area contributed by atoms with E-state index < -0.39 is 53.3 Å². The molecule has 8 nitrogen and oxygen atoms in total. The lowest BCUT2D eigenvalue weighted by Gasteiger charge is -2.59. The molecule has 1 aliphatic heterocycles. The van der Waals surface area contributed by atoms with Gasteiger partial charge in [-0.05, 0) is 43.4 Å². The third kappa shape index (κ3) is 4.44. The van der Waals surface area contributed by atoms with Gasteiger partial charge in [-0.15, -0.1) is 0 Å². The van der Waals surface area contributed by atoms with Gasteiger partial charge < -0.3 is 18.9 Å². The summed E-state index contributed by atoms with van der Waals surface area (Å²) in [5, 5.41) is 0. The van der Waals surface area contributed by atoms with E-state index in [2.05, 4.69) is 19.6 Å². The lowest BCUT2D eigenvalue weighted by Crippen LogP contribution is -2.64. The van der Waals surface area contributed by atoms with Crippen LogP contribution in [0.4, 0.5) is 0 Å². The monoisotopic (exact) mass is 476 g/mol. The summed E-state index contributed by atoms with van der Waals surface area (Å²) in [5.74, 6) is -2.61. The summed E-state index contributed by atoms with van der Waals surface area (Å²) in [5.41, 5.74) is -0.609. The molecule has 0 amide bonds. The molecular weight excluding hydrogens is 440 g/mol. The van der Waals surface area contributed by atoms with E-state index in [1.54, 1.807) is 6.08 Å². The van der Waals surface area contributed by atoms with Crippen molar-refractivity contribution in [3.05, 3.63) is 24.3 Å². The van der Waals surface area contributed by atoms with Crippen molar-refractivity contribution in [1.82, 2.24) is 0 Å². The minimum absolute atomic E-state index is 0.00646. The molecule has 1 heterocycles. The number of hydrogen-bond acceptors (Lipinski definition) is 8. The summed E-state index contributed by atoms with van der Waals surface area (Å²) < 4.78 is 22.7. The van der Waals surface area contributed by atoms with Gasteiger partial charge in [0.25, 0.3) is 0 Å². The molecule has 2 aliphatic carbocycles. The van der Waals surface area contributed by atoms with Crippen LogP contribution in [0.1, 0.15) is 67.2 Å². The number of ketones is 1. The van der Waals surface area contributed by atoms with Gasteiger partial charge >= 0.3 is 17.9 Å². The van der Waals surface area contributed by atoms with Crippen LogP contribution in [-0.4, -0.2) is 42.4 Å². The highest BCUT2D eigenvalue weighted by Crippen LogP contribution is 2.67. The van der Waals surface area contributed by atoms with Crippen molar-refractivity contribution >= 4 is 23.7 Å². The van der Waals surface area contributed by atoms with E-state index in [-0.39, 0.29) is 30.5 Å². The Morgan fingerprint density at radius 2 is 1.68 bits per heavy atom. The van der Waals surface area contributed by atoms with Crippen molar-refractivity contribution in [3.8, 4) is 0 Å². The fourth-order valence-electron chi connectivity index (χ4n) is 6.36. The van der Waals surface area contributed by atoms with Crippen LogP contribution in [0.3, 0.4) is 0 Å². The van der Waals surface area contributed by atoms with Gasteiger partial charge in [0.1, 0.15) is 17.3 Å². The molecule has 0 aromatic heterocycles.